The molecule has 3 heterocycles. The number of amides is 2. The van der Waals surface area contributed by atoms with Gasteiger partial charge in [0.05, 0.1) is 6.54 Å². The van der Waals surface area contributed by atoms with Crippen LogP contribution >= 0.6 is 24.0 Å². The number of likely N-dealkylation sites (tertiary alicyclic amines) is 2. The number of halogens is 1. The zero-order valence-corrected chi connectivity index (χ0v) is 16.7. The molecule has 0 aromatic rings. The average Bonchev–Trinajstić information content (AvgIpc) is 3.19. The van der Waals surface area contributed by atoms with Gasteiger partial charge in [-0.3, -0.25) is 14.6 Å². The van der Waals surface area contributed by atoms with Gasteiger partial charge in [-0.1, -0.05) is 0 Å². The molecule has 0 aromatic carbocycles. The van der Waals surface area contributed by atoms with Crippen molar-refractivity contribution in [2.24, 2.45) is 10.4 Å². The van der Waals surface area contributed by atoms with Gasteiger partial charge in [0.2, 0.25) is 11.8 Å². The van der Waals surface area contributed by atoms with Gasteiger partial charge in [0, 0.05) is 51.6 Å². The van der Waals surface area contributed by atoms with Crippen molar-refractivity contribution in [3.8, 4) is 0 Å². The number of carbonyl (C=O) groups is 2. The second-order valence-electron chi connectivity index (χ2n) is 6.97. The molecule has 0 radical (unpaired) electrons. The van der Waals surface area contributed by atoms with E-state index in [0.29, 0.717) is 13.0 Å². The Hall–Kier alpha value is -1.06. The monoisotopic (exact) mass is 449 g/mol. The van der Waals surface area contributed by atoms with Crippen molar-refractivity contribution >= 4 is 41.8 Å². The Morgan fingerprint density at radius 1 is 1.25 bits per heavy atom. The molecule has 1 spiro atoms. The second-order valence-corrected chi connectivity index (χ2v) is 6.97. The average molecular weight is 449 g/mol. The molecular weight excluding hydrogens is 421 g/mol. The first kappa shape index (κ1) is 19.3. The minimum Gasteiger partial charge on any atom is -0.355 e. The van der Waals surface area contributed by atoms with Gasteiger partial charge in [-0.05, 0) is 25.7 Å². The number of hydrogen-bond acceptors (Lipinski definition) is 3. The van der Waals surface area contributed by atoms with E-state index in [2.05, 4.69) is 20.5 Å². The highest BCUT2D eigenvalue weighted by atomic mass is 127. The van der Waals surface area contributed by atoms with Crippen LogP contribution in [0, 0.1) is 5.41 Å². The maximum absolute atomic E-state index is 12.2. The zero-order chi connectivity index (χ0) is 16.3. The molecule has 0 bridgehead atoms. The van der Waals surface area contributed by atoms with Gasteiger partial charge < -0.3 is 20.4 Å². The molecule has 136 valence electrons. The molecule has 0 aliphatic carbocycles. The van der Waals surface area contributed by atoms with Gasteiger partial charge in [0.25, 0.3) is 0 Å². The summed E-state index contributed by atoms with van der Waals surface area (Å²) in [5.41, 5.74) is 0.0336. The quantitative estimate of drug-likeness (QED) is 0.364. The van der Waals surface area contributed by atoms with Gasteiger partial charge in [-0.2, -0.15) is 0 Å². The minimum atomic E-state index is 0. The van der Waals surface area contributed by atoms with Crippen LogP contribution in [0.5, 0.6) is 0 Å². The predicted octanol–water partition coefficient (Wildman–Crippen LogP) is 0.404. The molecule has 0 saturated carbocycles. The lowest BCUT2D eigenvalue weighted by Crippen LogP contribution is -2.52. The first-order valence-corrected chi connectivity index (χ1v) is 8.62. The van der Waals surface area contributed by atoms with Crippen LogP contribution in [0.2, 0.25) is 0 Å². The Kier molecular flexibility index (Phi) is 6.70. The fraction of sp³-hybridized carbons (Fsp3) is 0.812. The molecule has 3 rings (SSSR count). The first-order valence-electron chi connectivity index (χ1n) is 8.62. The van der Waals surface area contributed by atoms with Gasteiger partial charge in [-0.25, -0.2) is 0 Å². The molecule has 0 aromatic heterocycles. The number of nitrogens with zero attached hydrogens (tertiary/aromatic N) is 3. The van der Waals surface area contributed by atoms with Crippen molar-refractivity contribution in [3.63, 3.8) is 0 Å². The smallest absolute Gasteiger partial charge is 0.241 e. The molecule has 2 amide bonds. The number of piperidine rings is 1. The van der Waals surface area contributed by atoms with E-state index in [1.165, 1.54) is 0 Å². The summed E-state index contributed by atoms with van der Waals surface area (Å²) in [6.45, 7) is 4.55. The minimum absolute atomic E-state index is 0. The van der Waals surface area contributed by atoms with Crippen molar-refractivity contribution in [1.82, 2.24) is 20.4 Å². The number of guanidine groups is 1. The summed E-state index contributed by atoms with van der Waals surface area (Å²) in [6, 6.07) is 0. The summed E-state index contributed by atoms with van der Waals surface area (Å²) >= 11 is 0. The molecule has 3 aliphatic heterocycles. The SMILES string of the molecule is CN=C(NCC(=O)N1CCCC1)N1CCCC2(CNC(=O)C2)C1.I. The molecular formula is C16H28IN5O2. The van der Waals surface area contributed by atoms with Crippen molar-refractivity contribution in [1.29, 1.82) is 0 Å². The number of aliphatic imine (C=N–C) groups is 1. The Labute approximate surface area is 160 Å². The summed E-state index contributed by atoms with van der Waals surface area (Å²) in [7, 11) is 1.75. The molecule has 2 N–H and O–H groups in total. The third kappa shape index (κ3) is 4.31. The third-order valence-electron chi connectivity index (χ3n) is 5.23. The fourth-order valence-electron chi connectivity index (χ4n) is 3.99. The zero-order valence-electron chi connectivity index (χ0n) is 14.3. The number of hydrogen-bond donors (Lipinski definition) is 2. The van der Waals surface area contributed by atoms with Gasteiger partial charge in [-0.15, -0.1) is 24.0 Å². The van der Waals surface area contributed by atoms with E-state index >= 15 is 0 Å². The standard InChI is InChI=1S/C16H27N5O2.HI/c1-17-15(18-10-14(23)20-6-2-3-7-20)21-8-4-5-16(12-21)9-13(22)19-11-16;/h2-12H2,1H3,(H,17,18)(H,19,22);1H. The van der Waals surface area contributed by atoms with Gasteiger partial charge in [0.1, 0.15) is 0 Å². The lowest BCUT2D eigenvalue weighted by molar-refractivity contribution is -0.129. The maximum atomic E-state index is 12.2. The topological polar surface area (TPSA) is 77.0 Å². The Morgan fingerprint density at radius 3 is 2.58 bits per heavy atom. The van der Waals surface area contributed by atoms with Crippen molar-refractivity contribution in [2.75, 3.05) is 46.3 Å². The van der Waals surface area contributed by atoms with E-state index in [0.717, 1.165) is 64.4 Å². The largest absolute Gasteiger partial charge is 0.355 e. The molecule has 3 fully saturated rings. The van der Waals surface area contributed by atoms with E-state index in [1.807, 2.05) is 4.90 Å². The Bertz CT molecular complexity index is 507. The van der Waals surface area contributed by atoms with Crippen LogP contribution in [0.3, 0.4) is 0 Å². The number of carbonyl (C=O) groups excluding carboxylic acids is 2. The summed E-state index contributed by atoms with van der Waals surface area (Å²) < 4.78 is 0. The highest BCUT2D eigenvalue weighted by Crippen LogP contribution is 2.35. The fourth-order valence-corrected chi connectivity index (χ4v) is 3.99. The number of nitrogens with one attached hydrogen (secondary N) is 2. The van der Waals surface area contributed by atoms with Crippen LogP contribution in [-0.2, 0) is 9.59 Å². The van der Waals surface area contributed by atoms with Crippen molar-refractivity contribution in [2.45, 2.75) is 32.1 Å². The summed E-state index contributed by atoms with van der Waals surface area (Å²) in [6.07, 6.45) is 4.95. The van der Waals surface area contributed by atoms with Gasteiger partial charge >= 0.3 is 0 Å². The first-order chi connectivity index (χ1) is 11.1. The summed E-state index contributed by atoms with van der Waals surface area (Å²) in [5, 5.41) is 6.17. The summed E-state index contributed by atoms with van der Waals surface area (Å²) in [4.78, 5) is 32.2. The Morgan fingerprint density at radius 2 is 1.96 bits per heavy atom. The van der Waals surface area contributed by atoms with Crippen LogP contribution in [-0.4, -0.2) is 73.9 Å². The van der Waals surface area contributed by atoms with E-state index in [-0.39, 0.29) is 41.2 Å². The lowest BCUT2D eigenvalue weighted by atomic mass is 9.79. The van der Waals surface area contributed by atoms with Crippen LogP contribution in [0.1, 0.15) is 32.1 Å². The van der Waals surface area contributed by atoms with Crippen LogP contribution in [0.4, 0.5) is 0 Å². The van der Waals surface area contributed by atoms with Crippen molar-refractivity contribution in [3.05, 3.63) is 0 Å². The molecule has 1 atom stereocenters. The molecule has 3 saturated heterocycles. The van der Waals surface area contributed by atoms with Gasteiger partial charge in [0.15, 0.2) is 5.96 Å². The molecule has 24 heavy (non-hydrogen) atoms. The normalized spacial score (nSPS) is 27.2. The van der Waals surface area contributed by atoms with E-state index in [9.17, 15) is 9.59 Å². The Balaban J connectivity index is 0.00000208. The molecule has 8 heteroatoms. The van der Waals surface area contributed by atoms with Crippen LogP contribution in [0.25, 0.3) is 0 Å². The van der Waals surface area contributed by atoms with E-state index in [4.69, 9.17) is 0 Å². The predicted molar refractivity (Wildman–Crippen MR) is 103 cm³/mol. The van der Waals surface area contributed by atoms with Crippen LogP contribution < -0.4 is 10.6 Å². The highest BCUT2D eigenvalue weighted by Gasteiger charge is 2.42. The number of rotatable bonds is 2. The highest BCUT2D eigenvalue weighted by molar-refractivity contribution is 14.0. The summed E-state index contributed by atoms with van der Waals surface area (Å²) in [5.74, 6) is 1.07. The van der Waals surface area contributed by atoms with E-state index in [1.54, 1.807) is 7.05 Å². The second kappa shape index (κ2) is 8.35. The third-order valence-corrected chi connectivity index (χ3v) is 5.23. The molecule has 3 aliphatic rings. The maximum Gasteiger partial charge on any atom is 0.241 e. The van der Waals surface area contributed by atoms with Crippen LogP contribution in [0.15, 0.2) is 4.99 Å². The lowest BCUT2D eigenvalue weighted by Gasteiger charge is -2.40. The van der Waals surface area contributed by atoms with E-state index < -0.39 is 0 Å². The van der Waals surface area contributed by atoms with Crippen molar-refractivity contribution < 1.29 is 9.59 Å². The molecule has 1 unspecified atom stereocenters. The molecule has 7 nitrogen and oxygen atoms in total.